The highest BCUT2D eigenvalue weighted by Gasteiger charge is 2.61. The molecule has 1 saturated carbocycles. The van der Waals surface area contributed by atoms with Crippen LogP contribution in [0.5, 0.6) is 0 Å². The van der Waals surface area contributed by atoms with Gasteiger partial charge in [0.2, 0.25) is 0 Å². The van der Waals surface area contributed by atoms with Crippen LogP contribution >= 0.6 is 0 Å². The van der Waals surface area contributed by atoms with Crippen LogP contribution in [0.15, 0.2) is 24.3 Å². The number of hydrogen-bond donors (Lipinski definition) is 1. The van der Waals surface area contributed by atoms with Gasteiger partial charge in [-0.25, -0.2) is 8.78 Å². The van der Waals surface area contributed by atoms with Crippen LogP contribution in [0.4, 0.5) is 22.0 Å². The van der Waals surface area contributed by atoms with Gasteiger partial charge in [-0.1, -0.05) is 12.1 Å². The molecule has 2 N–H and O–H groups in total. The zero-order valence-electron chi connectivity index (χ0n) is 9.40. The lowest BCUT2D eigenvalue weighted by Gasteiger charge is -2.26. The first-order valence-corrected chi connectivity index (χ1v) is 5.49. The topological polar surface area (TPSA) is 26.0 Å². The normalized spacial score (nSPS) is 18.8. The lowest BCUT2D eigenvalue weighted by Crippen LogP contribution is -2.33. The van der Waals surface area contributed by atoms with Crippen LogP contribution in [0.3, 0.4) is 0 Å². The monoisotopic (exact) mass is 265 g/mol. The SMILES string of the molecule is NCC1(C(F)(F)c2ccc(C(F)(F)F)cc2)CC1. The molecule has 2 rings (SSSR count). The van der Waals surface area contributed by atoms with Crippen LogP contribution in [0.25, 0.3) is 0 Å². The predicted octanol–water partition coefficient (Wildman–Crippen LogP) is 3.54. The molecule has 0 radical (unpaired) electrons. The molecule has 1 aromatic rings. The Morgan fingerprint density at radius 1 is 0.944 bits per heavy atom. The summed E-state index contributed by atoms with van der Waals surface area (Å²) in [5.74, 6) is -3.17. The molecule has 1 aliphatic carbocycles. The molecule has 0 atom stereocenters. The lowest BCUT2D eigenvalue weighted by atomic mass is 9.91. The van der Waals surface area contributed by atoms with Crippen LogP contribution in [0.1, 0.15) is 24.0 Å². The van der Waals surface area contributed by atoms with E-state index in [1.54, 1.807) is 0 Å². The van der Waals surface area contributed by atoms with Crippen molar-refractivity contribution in [1.82, 2.24) is 0 Å². The lowest BCUT2D eigenvalue weighted by molar-refractivity contribution is -0.137. The van der Waals surface area contributed by atoms with Crippen molar-refractivity contribution in [1.29, 1.82) is 0 Å². The summed E-state index contributed by atoms with van der Waals surface area (Å²) < 4.78 is 65.1. The molecule has 0 aliphatic heterocycles. The maximum atomic E-state index is 14.1. The molecule has 100 valence electrons. The summed E-state index contributed by atoms with van der Waals surface area (Å²) in [4.78, 5) is 0. The molecule has 1 fully saturated rings. The Morgan fingerprint density at radius 3 is 1.72 bits per heavy atom. The van der Waals surface area contributed by atoms with Crippen LogP contribution in [-0.4, -0.2) is 6.54 Å². The van der Waals surface area contributed by atoms with Gasteiger partial charge in [0.1, 0.15) is 0 Å². The Hall–Kier alpha value is -1.17. The van der Waals surface area contributed by atoms with Crippen molar-refractivity contribution in [3.05, 3.63) is 35.4 Å². The average Bonchev–Trinajstić information content (AvgIpc) is 3.09. The van der Waals surface area contributed by atoms with E-state index in [-0.39, 0.29) is 6.54 Å². The highest BCUT2D eigenvalue weighted by atomic mass is 19.4. The molecular weight excluding hydrogens is 253 g/mol. The quantitative estimate of drug-likeness (QED) is 0.831. The highest BCUT2D eigenvalue weighted by molar-refractivity contribution is 5.30. The standard InChI is InChI=1S/C12H12F5N/c13-11(14,10(7-18)5-6-10)8-1-3-9(4-2-8)12(15,16)17/h1-4H,5-7,18H2. The molecule has 18 heavy (non-hydrogen) atoms. The van der Waals surface area contributed by atoms with Gasteiger partial charge in [-0.15, -0.1) is 0 Å². The largest absolute Gasteiger partial charge is 0.416 e. The zero-order valence-corrected chi connectivity index (χ0v) is 9.40. The van der Waals surface area contributed by atoms with Gasteiger partial charge in [-0.2, -0.15) is 13.2 Å². The minimum absolute atomic E-state index is 0.166. The first kappa shape index (κ1) is 13.3. The van der Waals surface area contributed by atoms with Crippen molar-refractivity contribution >= 4 is 0 Å². The summed E-state index contributed by atoms with van der Waals surface area (Å²) in [6.45, 7) is -0.166. The Balaban J connectivity index is 2.30. The highest BCUT2D eigenvalue weighted by Crippen LogP contribution is 2.60. The minimum atomic E-state index is -4.51. The van der Waals surface area contributed by atoms with Gasteiger partial charge < -0.3 is 5.73 Å². The summed E-state index contributed by atoms with van der Waals surface area (Å²) in [5.41, 5.74) is 2.73. The number of rotatable bonds is 3. The smallest absolute Gasteiger partial charge is 0.330 e. The molecule has 1 aromatic carbocycles. The van der Waals surface area contributed by atoms with Crippen molar-refractivity contribution in [2.75, 3.05) is 6.54 Å². The van der Waals surface area contributed by atoms with Gasteiger partial charge in [0.25, 0.3) is 5.92 Å². The van der Waals surface area contributed by atoms with E-state index in [4.69, 9.17) is 5.73 Å². The molecule has 1 aliphatic rings. The van der Waals surface area contributed by atoms with Crippen molar-refractivity contribution in [2.24, 2.45) is 11.1 Å². The van der Waals surface area contributed by atoms with Crippen LogP contribution in [0, 0.1) is 5.41 Å². The third-order valence-corrected chi connectivity index (χ3v) is 3.49. The fourth-order valence-corrected chi connectivity index (χ4v) is 1.97. The zero-order chi connectivity index (χ0) is 13.6. The third kappa shape index (κ3) is 1.98. The van der Waals surface area contributed by atoms with Crippen LogP contribution in [0.2, 0.25) is 0 Å². The first-order valence-electron chi connectivity index (χ1n) is 5.49. The third-order valence-electron chi connectivity index (χ3n) is 3.49. The van der Waals surface area contributed by atoms with Crippen LogP contribution in [-0.2, 0) is 12.1 Å². The van der Waals surface area contributed by atoms with Crippen molar-refractivity contribution in [3.63, 3.8) is 0 Å². The molecule has 0 spiro atoms. The van der Waals surface area contributed by atoms with Crippen molar-refractivity contribution in [2.45, 2.75) is 24.9 Å². The van der Waals surface area contributed by atoms with Gasteiger partial charge >= 0.3 is 6.18 Å². The maximum Gasteiger partial charge on any atom is 0.416 e. The van der Waals surface area contributed by atoms with E-state index in [9.17, 15) is 22.0 Å². The van der Waals surface area contributed by atoms with Gasteiger partial charge in [0.15, 0.2) is 0 Å². The summed E-state index contributed by atoms with van der Waals surface area (Å²) in [7, 11) is 0. The Kier molecular flexibility index (Phi) is 2.88. The van der Waals surface area contributed by atoms with Crippen LogP contribution < -0.4 is 5.73 Å². The van der Waals surface area contributed by atoms with Gasteiger partial charge in [-0.3, -0.25) is 0 Å². The number of hydrogen-bond acceptors (Lipinski definition) is 1. The molecule has 6 heteroatoms. The molecule has 0 amide bonds. The summed E-state index contributed by atoms with van der Waals surface area (Å²) in [5, 5.41) is 0. The van der Waals surface area contributed by atoms with E-state index < -0.39 is 28.6 Å². The second-order valence-corrected chi connectivity index (χ2v) is 4.63. The molecular formula is C12H12F5N. The first-order chi connectivity index (χ1) is 8.23. The predicted molar refractivity (Wildman–Crippen MR) is 56.1 cm³/mol. The summed E-state index contributed by atoms with van der Waals surface area (Å²) >= 11 is 0. The van der Waals surface area contributed by atoms with Gasteiger partial charge in [-0.05, 0) is 25.0 Å². The molecule has 0 aromatic heterocycles. The average molecular weight is 265 g/mol. The molecule has 0 heterocycles. The molecule has 0 unspecified atom stereocenters. The summed E-state index contributed by atoms with van der Waals surface area (Å²) in [6.07, 6.45) is -3.91. The second-order valence-electron chi connectivity index (χ2n) is 4.63. The Morgan fingerprint density at radius 2 is 1.39 bits per heavy atom. The van der Waals surface area contributed by atoms with Gasteiger partial charge in [0.05, 0.1) is 11.0 Å². The number of benzene rings is 1. The number of nitrogens with two attached hydrogens (primary N) is 1. The molecule has 1 nitrogen and oxygen atoms in total. The van der Waals surface area contributed by atoms with E-state index in [1.165, 1.54) is 0 Å². The van der Waals surface area contributed by atoms with E-state index in [2.05, 4.69) is 0 Å². The second kappa shape index (κ2) is 3.91. The van der Waals surface area contributed by atoms with Crippen molar-refractivity contribution < 1.29 is 22.0 Å². The fourth-order valence-electron chi connectivity index (χ4n) is 1.97. The maximum absolute atomic E-state index is 14.1. The van der Waals surface area contributed by atoms with Crippen molar-refractivity contribution in [3.8, 4) is 0 Å². The fraction of sp³-hybridized carbons (Fsp3) is 0.500. The van der Waals surface area contributed by atoms with E-state index in [0.29, 0.717) is 25.0 Å². The Bertz CT molecular complexity index is 431. The van der Waals surface area contributed by atoms with E-state index in [0.717, 1.165) is 12.1 Å². The molecule has 0 bridgehead atoms. The Labute approximate surface area is 101 Å². The number of alkyl halides is 5. The van der Waals surface area contributed by atoms with E-state index >= 15 is 0 Å². The minimum Gasteiger partial charge on any atom is -0.330 e. The van der Waals surface area contributed by atoms with Gasteiger partial charge in [0, 0.05) is 12.1 Å². The summed E-state index contributed by atoms with van der Waals surface area (Å²) in [6, 6.07) is 3.02. The van der Waals surface area contributed by atoms with E-state index in [1.807, 2.05) is 0 Å². The molecule has 0 saturated heterocycles. The number of halogens is 5.